The third-order valence-corrected chi connectivity index (χ3v) is 9.04. The van der Waals surface area contributed by atoms with E-state index in [9.17, 15) is 9.59 Å². The number of carbonyl (C=O) groups is 2. The van der Waals surface area contributed by atoms with E-state index in [0.717, 1.165) is 10.0 Å². The molecule has 32 heavy (non-hydrogen) atoms. The van der Waals surface area contributed by atoms with Gasteiger partial charge in [0.1, 0.15) is 11.2 Å². The number of ether oxygens (including phenoxy) is 4. The van der Waals surface area contributed by atoms with Gasteiger partial charge >= 0.3 is 5.97 Å². The average Bonchev–Trinajstić information content (AvgIpc) is 2.95. The number of fused-ring (bicyclic) bond motifs is 1. The van der Waals surface area contributed by atoms with Crippen molar-refractivity contribution in [1.82, 2.24) is 0 Å². The Hall–Kier alpha value is -1.28. The minimum atomic E-state index is -1.06. The normalized spacial score (nSPS) is 41.0. The molecule has 4 saturated carbocycles. The van der Waals surface area contributed by atoms with Crippen molar-refractivity contribution in [3.63, 3.8) is 0 Å². The van der Waals surface area contributed by atoms with Gasteiger partial charge in [-0.05, 0) is 58.6 Å². The van der Waals surface area contributed by atoms with E-state index >= 15 is 0 Å². The molecular formula is C25H31BrO6. The van der Waals surface area contributed by atoms with E-state index in [4.69, 9.17) is 18.9 Å². The molecule has 0 spiro atoms. The molecule has 7 heteroatoms. The number of carbonyl (C=O) groups excluding carboxylic acids is 2. The molecule has 1 saturated heterocycles. The zero-order chi connectivity index (χ0) is 22.9. The largest absolute Gasteiger partial charge is 0.465 e. The number of hydrogen-bond acceptors (Lipinski definition) is 6. The highest BCUT2D eigenvalue weighted by atomic mass is 79.9. The summed E-state index contributed by atoms with van der Waals surface area (Å²) in [6.45, 7) is 8.52. The van der Waals surface area contributed by atoms with Crippen LogP contribution in [0.1, 0.15) is 46.1 Å². The zero-order valence-corrected chi connectivity index (χ0v) is 20.7. The quantitative estimate of drug-likeness (QED) is 0.519. The smallest absolute Gasteiger partial charge is 0.316 e. The number of Topliss-reactive ketones (excluding diaryl/α,β-unsaturated/α-hetero) is 1. The van der Waals surface area contributed by atoms with Crippen molar-refractivity contribution in [2.45, 2.75) is 64.4 Å². The van der Waals surface area contributed by atoms with Crippen molar-refractivity contribution in [2.75, 3.05) is 19.8 Å². The number of ketones is 1. The van der Waals surface area contributed by atoms with E-state index in [0.29, 0.717) is 32.5 Å². The fraction of sp³-hybridized carbons (Fsp3) is 0.680. The Balaban J connectivity index is 1.68. The monoisotopic (exact) mass is 506 g/mol. The molecule has 1 aliphatic heterocycles. The van der Waals surface area contributed by atoms with E-state index in [1.165, 1.54) is 0 Å². The fourth-order valence-electron chi connectivity index (χ4n) is 7.50. The van der Waals surface area contributed by atoms with Gasteiger partial charge < -0.3 is 18.9 Å². The van der Waals surface area contributed by atoms with Crippen LogP contribution in [0.2, 0.25) is 0 Å². The lowest BCUT2D eigenvalue weighted by Crippen LogP contribution is -2.51. The van der Waals surface area contributed by atoms with Gasteiger partial charge in [0, 0.05) is 22.9 Å². The van der Waals surface area contributed by atoms with Gasteiger partial charge in [-0.25, -0.2) is 0 Å². The van der Waals surface area contributed by atoms with Crippen molar-refractivity contribution in [1.29, 1.82) is 0 Å². The van der Waals surface area contributed by atoms with Crippen molar-refractivity contribution in [3.05, 3.63) is 34.3 Å². The van der Waals surface area contributed by atoms with Gasteiger partial charge in [-0.15, -0.1) is 0 Å². The first-order valence-electron chi connectivity index (χ1n) is 11.6. The summed E-state index contributed by atoms with van der Waals surface area (Å²) in [4.78, 5) is 28.0. The maximum absolute atomic E-state index is 14.2. The highest BCUT2D eigenvalue weighted by Gasteiger charge is 3.02. The van der Waals surface area contributed by atoms with Gasteiger partial charge in [-0.2, -0.15) is 0 Å². The molecule has 4 bridgehead atoms. The van der Waals surface area contributed by atoms with Crippen LogP contribution in [-0.4, -0.2) is 49.1 Å². The minimum Gasteiger partial charge on any atom is -0.465 e. The molecule has 5 aliphatic rings. The molecule has 4 aliphatic carbocycles. The van der Waals surface area contributed by atoms with E-state index in [1.807, 2.05) is 52.0 Å². The molecule has 0 unspecified atom stereocenters. The summed E-state index contributed by atoms with van der Waals surface area (Å²) in [6.07, 6.45) is 1.46. The molecule has 0 N–H and O–H groups in total. The first-order chi connectivity index (χ1) is 15.2. The number of rotatable bonds is 7. The molecule has 6 atom stereocenters. The molecule has 1 aromatic rings. The lowest BCUT2D eigenvalue weighted by Gasteiger charge is -2.42. The molecule has 0 amide bonds. The van der Waals surface area contributed by atoms with Crippen molar-refractivity contribution < 1.29 is 28.5 Å². The number of hydrogen-bond donors (Lipinski definition) is 0. The maximum Gasteiger partial charge on any atom is 0.316 e. The van der Waals surface area contributed by atoms with Crippen molar-refractivity contribution in [3.8, 4) is 0 Å². The maximum atomic E-state index is 14.2. The van der Waals surface area contributed by atoms with Crippen molar-refractivity contribution >= 4 is 27.7 Å². The molecule has 6 rings (SSSR count). The average molecular weight is 507 g/mol. The summed E-state index contributed by atoms with van der Waals surface area (Å²) < 4.78 is 25.3. The second kappa shape index (κ2) is 7.36. The first kappa shape index (κ1) is 22.5. The Morgan fingerprint density at radius 2 is 1.97 bits per heavy atom. The molecule has 0 radical (unpaired) electrons. The Morgan fingerprint density at radius 3 is 2.59 bits per heavy atom. The molecule has 5 fully saturated rings. The summed E-state index contributed by atoms with van der Waals surface area (Å²) in [5.41, 5.74) is -1.88. The lowest BCUT2D eigenvalue weighted by molar-refractivity contribution is -0.179. The van der Waals surface area contributed by atoms with Gasteiger partial charge in [-0.1, -0.05) is 34.1 Å². The third kappa shape index (κ3) is 2.51. The first-order valence-corrected chi connectivity index (χ1v) is 12.4. The summed E-state index contributed by atoms with van der Waals surface area (Å²) in [7, 11) is 0. The second-order valence-corrected chi connectivity index (χ2v) is 10.7. The standard InChI is InChI=1S/C25H31BrO6/c1-5-29-21(28)25-19(18-14-31-22(3,4)32-18)16-11-12-24(25,30-6-2)23(25,20(16)27)13-15-9-7-8-10-17(15)26/h7-10,16,18-19H,5-6,11-14H2,1-4H3/t16-,18+,19-,23+,24+,25+/m0/s1. The lowest BCUT2D eigenvalue weighted by atomic mass is 9.67. The van der Waals surface area contributed by atoms with Gasteiger partial charge in [0.05, 0.1) is 30.3 Å². The van der Waals surface area contributed by atoms with Crippen LogP contribution in [0.15, 0.2) is 28.7 Å². The predicted molar refractivity (Wildman–Crippen MR) is 120 cm³/mol. The Kier molecular flexibility index (Phi) is 5.18. The van der Waals surface area contributed by atoms with E-state index in [2.05, 4.69) is 15.9 Å². The van der Waals surface area contributed by atoms with Crippen LogP contribution >= 0.6 is 15.9 Å². The van der Waals surface area contributed by atoms with E-state index in [-0.39, 0.29) is 36.3 Å². The molecule has 0 aromatic heterocycles. The van der Waals surface area contributed by atoms with E-state index in [1.54, 1.807) is 0 Å². The van der Waals surface area contributed by atoms with Gasteiger partial charge in [0.25, 0.3) is 0 Å². The van der Waals surface area contributed by atoms with Crippen LogP contribution in [-0.2, 0) is 35.0 Å². The van der Waals surface area contributed by atoms with Crippen LogP contribution in [0, 0.1) is 22.7 Å². The Labute approximate surface area is 197 Å². The molecular weight excluding hydrogens is 476 g/mol. The number of halogens is 1. The third-order valence-electron chi connectivity index (χ3n) is 8.27. The Bertz CT molecular complexity index is 958. The van der Waals surface area contributed by atoms with Crippen LogP contribution in [0.3, 0.4) is 0 Å². The summed E-state index contributed by atoms with van der Waals surface area (Å²) >= 11 is 3.64. The van der Waals surface area contributed by atoms with Crippen LogP contribution < -0.4 is 0 Å². The van der Waals surface area contributed by atoms with Gasteiger partial charge in [-0.3, -0.25) is 9.59 Å². The highest BCUT2D eigenvalue weighted by Crippen LogP contribution is 2.89. The summed E-state index contributed by atoms with van der Waals surface area (Å²) in [5.74, 6) is -1.52. The molecule has 6 nitrogen and oxygen atoms in total. The minimum absolute atomic E-state index is 0.124. The molecule has 174 valence electrons. The zero-order valence-electron chi connectivity index (χ0n) is 19.1. The molecule has 1 heterocycles. The fourth-order valence-corrected chi connectivity index (χ4v) is 7.93. The van der Waals surface area contributed by atoms with Crippen LogP contribution in [0.25, 0.3) is 0 Å². The summed E-state index contributed by atoms with van der Waals surface area (Å²) in [5, 5.41) is 0. The van der Waals surface area contributed by atoms with Crippen LogP contribution in [0.4, 0.5) is 0 Å². The van der Waals surface area contributed by atoms with Gasteiger partial charge in [0.2, 0.25) is 0 Å². The van der Waals surface area contributed by atoms with Gasteiger partial charge in [0.15, 0.2) is 5.79 Å². The van der Waals surface area contributed by atoms with Crippen molar-refractivity contribution in [2.24, 2.45) is 22.7 Å². The molecule has 1 aromatic carbocycles. The SMILES string of the molecule is CCOC(=O)[C@@]12[C@H]([C@H]3COC(C)(C)O3)[C@@H]3CC[C@@]1(OCC)[C@@]2(Cc1ccccc1Br)C3=O. The Morgan fingerprint density at radius 1 is 1.22 bits per heavy atom. The predicted octanol–water partition coefficient (Wildman–Crippen LogP) is 4.08. The van der Waals surface area contributed by atoms with E-state index < -0.39 is 22.2 Å². The topological polar surface area (TPSA) is 71.1 Å². The number of esters is 1. The summed E-state index contributed by atoms with van der Waals surface area (Å²) in [6, 6.07) is 7.90. The second-order valence-electron chi connectivity index (χ2n) is 9.86. The number of benzene rings is 1. The van der Waals surface area contributed by atoms with Crippen LogP contribution in [0.5, 0.6) is 0 Å². The highest BCUT2D eigenvalue weighted by molar-refractivity contribution is 9.10.